The van der Waals surface area contributed by atoms with Gasteiger partial charge in [0.2, 0.25) is 5.91 Å². The average molecular weight is 392 g/mol. The molecule has 4 nitrogen and oxygen atoms in total. The molecule has 1 fully saturated rings. The normalized spacial score (nSPS) is 14.4. The van der Waals surface area contributed by atoms with Gasteiger partial charge in [0, 0.05) is 60.6 Å². The van der Waals surface area contributed by atoms with Crippen LogP contribution in [0.25, 0.3) is 0 Å². The van der Waals surface area contributed by atoms with Crippen LogP contribution in [0.2, 0.25) is 10.0 Å². The van der Waals surface area contributed by atoms with Crippen LogP contribution >= 0.6 is 23.2 Å². The third-order valence-corrected chi connectivity index (χ3v) is 4.97. The molecule has 1 saturated heterocycles. The van der Waals surface area contributed by atoms with Gasteiger partial charge in [0.25, 0.3) is 0 Å². The number of amides is 1. The average Bonchev–Trinajstić information content (AvgIpc) is 2.61. The molecule has 0 radical (unpaired) electrons. The fourth-order valence-corrected chi connectivity index (χ4v) is 3.69. The summed E-state index contributed by atoms with van der Waals surface area (Å²) in [6.07, 6.45) is 0.453. The van der Waals surface area contributed by atoms with Crippen LogP contribution in [0.4, 0.5) is 11.4 Å². The Bertz CT molecular complexity index is 753. The Kier molecular flexibility index (Phi) is 6.28. The summed E-state index contributed by atoms with van der Waals surface area (Å²) in [5, 5.41) is 4.37. The van der Waals surface area contributed by atoms with E-state index in [1.165, 1.54) is 11.3 Å². The Morgan fingerprint density at radius 1 is 1.04 bits per heavy atom. The van der Waals surface area contributed by atoms with E-state index in [1.54, 1.807) is 18.2 Å². The molecule has 2 aromatic carbocycles. The zero-order chi connectivity index (χ0) is 18.5. The molecule has 0 bridgehead atoms. The second kappa shape index (κ2) is 8.65. The Labute approximate surface area is 164 Å². The number of nitrogens with one attached hydrogen (secondary N) is 1. The van der Waals surface area contributed by atoms with E-state index in [2.05, 4.69) is 41.4 Å². The second-order valence-electron chi connectivity index (χ2n) is 6.54. The molecule has 2 aromatic rings. The fourth-order valence-electron chi connectivity index (χ4n) is 3.17. The number of nitrogens with zero attached hydrogens (tertiary/aromatic N) is 2. The van der Waals surface area contributed by atoms with Gasteiger partial charge in [-0.15, -0.1) is 0 Å². The van der Waals surface area contributed by atoms with Crippen molar-refractivity contribution in [3.8, 4) is 0 Å². The monoisotopic (exact) mass is 391 g/mol. The zero-order valence-corrected chi connectivity index (χ0v) is 16.4. The Morgan fingerprint density at radius 3 is 2.38 bits per heavy atom. The number of carbonyl (C=O) groups is 1. The van der Waals surface area contributed by atoms with Gasteiger partial charge in [-0.3, -0.25) is 4.79 Å². The molecule has 1 aliphatic heterocycles. The number of aryl methyl sites for hydroxylation is 1. The van der Waals surface area contributed by atoms with E-state index in [4.69, 9.17) is 23.2 Å². The van der Waals surface area contributed by atoms with Gasteiger partial charge in [-0.1, -0.05) is 35.3 Å². The molecule has 0 aromatic heterocycles. The molecule has 6 heteroatoms. The van der Waals surface area contributed by atoms with Gasteiger partial charge in [-0.25, -0.2) is 0 Å². The molecule has 1 heterocycles. The summed E-state index contributed by atoms with van der Waals surface area (Å²) in [6, 6.07) is 13.8. The lowest BCUT2D eigenvalue weighted by atomic mass is 10.2. The van der Waals surface area contributed by atoms with Crippen molar-refractivity contribution in [3.05, 3.63) is 58.1 Å². The largest absolute Gasteiger partial charge is 0.384 e. The number of hydrogen-bond acceptors (Lipinski definition) is 3. The van der Waals surface area contributed by atoms with Crippen molar-refractivity contribution >= 4 is 40.5 Å². The maximum Gasteiger partial charge on any atom is 0.224 e. The minimum absolute atomic E-state index is 0.175. The summed E-state index contributed by atoms with van der Waals surface area (Å²) in [5.41, 5.74) is 3.32. The first-order valence-corrected chi connectivity index (χ1v) is 9.56. The van der Waals surface area contributed by atoms with Crippen LogP contribution in [0.3, 0.4) is 0 Å². The summed E-state index contributed by atoms with van der Waals surface area (Å²) >= 11 is 12.0. The lowest BCUT2D eigenvalue weighted by Crippen LogP contribution is -2.49. The Hall–Kier alpha value is -1.91. The highest BCUT2D eigenvalue weighted by atomic mass is 35.5. The zero-order valence-electron chi connectivity index (χ0n) is 14.8. The topological polar surface area (TPSA) is 35.6 Å². The molecule has 138 valence electrons. The number of benzene rings is 2. The third-order valence-electron chi connectivity index (χ3n) is 4.53. The molecule has 1 aliphatic rings. The number of carbonyl (C=O) groups excluding carboxylic acids is 1. The highest BCUT2D eigenvalue weighted by Gasteiger charge is 2.20. The molecular weight excluding hydrogens is 369 g/mol. The van der Waals surface area contributed by atoms with Gasteiger partial charge in [0.1, 0.15) is 0 Å². The van der Waals surface area contributed by atoms with E-state index in [9.17, 15) is 4.79 Å². The van der Waals surface area contributed by atoms with Crippen molar-refractivity contribution in [1.82, 2.24) is 4.90 Å². The van der Waals surface area contributed by atoms with E-state index in [1.807, 2.05) is 4.90 Å². The third kappa shape index (κ3) is 5.05. The van der Waals surface area contributed by atoms with E-state index < -0.39 is 0 Å². The Morgan fingerprint density at radius 2 is 1.73 bits per heavy atom. The molecule has 1 N–H and O–H groups in total. The van der Waals surface area contributed by atoms with Crippen LogP contribution < -0.4 is 10.2 Å². The van der Waals surface area contributed by atoms with Crippen molar-refractivity contribution in [1.29, 1.82) is 0 Å². The van der Waals surface area contributed by atoms with Crippen LogP contribution in [0.5, 0.6) is 0 Å². The summed E-state index contributed by atoms with van der Waals surface area (Å²) in [7, 11) is 0. The lowest BCUT2D eigenvalue weighted by Gasteiger charge is -2.36. The highest BCUT2D eigenvalue weighted by Crippen LogP contribution is 2.22. The summed E-state index contributed by atoms with van der Waals surface area (Å²) < 4.78 is 0. The van der Waals surface area contributed by atoms with Gasteiger partial charge < -0.3 is 15.1 Å². The number of piperazine rings is 1. The number of rotatable bonds is 5. The summed E-state index contributed by atoms with van der Waals surface area (Å²) in [5.74, 6) is 0.175. The summed E-state index contributed by atoms with van der Waals surface area (Å²) in [4.78, 5) is 16.7. The Balaban J connectivity index is 1.45. The fraction of sp³-hybridized carbons (Fsp3) is 0.350. The van der Waals surface area contributed by atoms with Crippen LogP contribution in [0.15, 0.2) is 42.5 Å². The molecule has 0 unspecified atom stereocenters. The molecule has 3 rings (SSSR count). The maximum absolute atomic E-state index is 12.4. The molecule has 26 heavy (non-hydrogen) atoms. The molecule has 1 amide bonds. The number of hydrogen-bond donors (Lipinski definition) is 1. The molecular formula is C20H23Cl2N3O. The van der Waals surface area contributed by atoms with Crippen molar-refractivity contribution in [3.63, 3.8) is 0 Å². The lowest BCUT2D eigenvalue weighted by molar-refractivity contribution is -0.131. The quantitative estimate of drug-likeness (QED) is 0.817. The van der Waals surface area contributed by atoms with Gasteiger partial charge in [0.15, 0.2) is 0 Å². The molecule has 0 aliphatic carbocycles. The van der Waals surface area contributed by atoms with Crippen molar-refractivity contribution in [2.24, 2.45) is 0 Å². The number of anilines is 2. The van der Waals surface area contributed by atoms with Crippen LogP contribution in [-0.2, 0) is 4.79 Å². The first-order chi connectivity index (χ1) is 12.5. The maximum atomic E-state index is 12.4. The second-order valence-corrected chi connectivity index (χ2v) is 7.41. The minimum atomic E-state index is 0.175. The van der Waals surface area contributed by atoms with Crippen molar-refractivity contribution in [2.75, 3.05) is 42.9 Å². The van der Waals surface area contributed by atoms with Gasteiger partial charge in [0.05, 0.1) is 0 Å². The van der Waals surface area contributed by atoms with E-state index >= 15 is 0 Å². The summed E-state index contributed by atoms with van der Waals surface area (Å²) in [6.45, 7) is 5.92. The van der Waals surface area contributed by atoms with Crippen LogP contribution in [-0.4, -0.2) is 43.5 Å². The van der Waals surface area contributed by atoms with Gasteiger partial charge >= 0.3 is 0 Å². The van der Waals surface area contributed by atoms with Crippen LogP contribution in [0.1, 0.15) is 12.0 Å². The van der Waals surface area contributed by atoms with E-state index in [-0.39, 0.29) is 5.91 Å². The number of halogens is 2. The molecule has 0 saturated carbocycles. The van der Waals surface area contributed by atoms with Crippen LogP contribution in [0, 0.1) is 6.92 Å². The smallest absolute Gasteiger partial charge is 0.224 e. The SMILES string of the molecule is Cc1cccc(N2CCN(C(=O)CCNc3cc(Cl)cc(Cl)c3)CC2)c1. The predicted octanol–water partition coefficient (Wildman–Crippen LogP) is 4.45. The first kappa shape index (κ1) is 18.9. The first-order valence-electron chi connectivity index (χ1n) is 8.80. The van der Waals surface area contributed by atoms with Crippen molar-refractivity contribution in [2.45, 2.75) is 13.3 Å². The minimum Gasteiger partial charge on any atom is -0.384 e. The molecule has 0 atom stereocenters. The van der Waals surface area contributed by atoms with E-state index in [0.29, 0.717) is 23.0 Å². The van der Waals surface area contributed by atoms with Gasteiger partial charge in [-0.2, -0.15) is 0 Å². The standard InChI is InChI=1S/C20H23Cl2N3O/c1-15-3-2-4-19(11-15)24-7-9-25(10-8-24)20(26)5-6-23-18-13-16(21)12-17(22)14-18/h2-4,11-14,23H,5-10H2,1H3. The highest BCUT2D eigenvalue weighted by molar-refractivity contribution is 6.35. The van der Waals surface area contributed by atoms with Gasteiger partial charge in [-0.05, 0) is 42.8 Å². The predicted molar refractivity (Wildman–Crippen MR) is 110 cm³/mol. The van der Waals surface area contributed by atoms with Crippen molar-refractivity contribution < 1.29 is 4.79 Å². The van der Waals surface area contributed by atoms with E-state index in [0.717, 1.165) is 31.9 Å². The molecule has 0 spiro atoms.